The molecule has 2 N–H and O–H groups in total. The molecule has 20 heavy (non-hydrogen) atoms. The van der Waals surface area contributed by atoms with Gasteiger partial charge in [0, 0.05) is 18.4 Å². The second kappa shape index (κ2) is 6.65. The number of anilines is 3. The van der Waals surface area contributed by atoms with Gasteiger partial charge in [-0.2, -0.15) is 4.98 Å². The molecule has 0 atom stereocenters. The largest absolute Gasteiger partial charge is 0.354 e. The van der Waals surface area contributed by atoms with E-state index in [9.17, 15) is 4.39 Å². The molecular formula is C14H16BrFN4. The van der Waals surface area contributed by atoms with Crippen molar-refractivity contribution in [2.75, 3.05) is 17.2 Å². The molecule has 0 bridgehead atoms. The molecular weight excluding hydrogens is 323 g/mol. The number of aryl methyl sites for hydroxylation is 1. The molecule has 0 saturated heterocycles. The minimum Gasteiger partial charge on any atom is -0.354 e. The molecule has 0 aliphatic heterocycles. The van der Waals surface area contributed by atoms with Crippen molar-refractivity contribution in [1.82, 2.24) is 9.97 Å². The number of aromatic nitrogens is 2. The van der Waals surface area contributed by atoms with Gasteiger partial charge < -0.3 is 10.6 Å². The fourth-order valence-corrected chi connectivity index (χ4v) is 1.93. The van der Waals surface area contributed by atoms with Crippen molar-refractivity contribution < 1.29 is 4.39 Å². The fraction of sp³-hybridized carbons (Fsp3) is 0.286. The summed E-state index contributed by atoms with van der Waals surface area (Å²) in [7, 11) is 0. The topological polar surface area (TPSA) is 49.8 Å². The van der Waals surface area contributed by atoms with Crippen molar-refractivity contribution in [3.8, 4) is 0 Å². The zero-order valence-corrected chi connectivity index (χ0v) is 13.0. The first-order valence-electron chi connectivity index (χ1n) is 6.39. The van der Waals surface area contributed by atoms with Crippen molar-refractivity contribution >= 4 is 33.4 Å². The normalized spacial score (nSPS) is 10.4. The number of nitrogens with zero attached hydrogens (tertiary/aromatic N) is 2. The first-order valence-corrected chi connectivity index (χ1v) is 7.19. The lowest BCUT2D eigenvalue weighted by Crippen LogP contribution is -2.06. The van der Waals surface area contributed by atoms with Gasteiger partial charge in [-0.3, -0.25) is 0 Å². The molecule has 0 fully saturated rings. The molecule has 1 aromatic carbocycles. The molecule has 0 radical (unpaired) electrons. The predicted molar refractivity (Wildman–Crippen MR) is 82.9 cm³/mol. The van der Waals surface area contributed by atoms with Crippen LogP contribution in [-0.2, 0) is 0 Å². The molecule has 106 valence electrons. The molecule has 1 aromatic heterocycles. The van der Waals surface area contributed by atoms with Gasteiger partial charge in [-0.1, -0.05) is 6.92 Å². The summed E-state index contributed by atoms with van der Waals surface area (Å²) in [5, 5.41) is 6.28. The van der Waals surface area contributed by atoms with E-state index in [-0.39, 0.29) is 5.82 Å². The van der Waals surface area contributed by atoms with Crippen LogP contribution < -0.4 is 10.6 Å². The third kappa shape index (κ3) is 3.66. The Bertz CT molecular complexity index is 604. The Labute approximate surface area is 126 Å². The van der Waals surface area contributed by atoms with Gasteiger partial charge in [0.15, 0.2) is 0 Å². The summed E-state index contributed by atoms with van der Waals surface area (Å²) >= 11 is 3.40. The van der Waals surface area contributed by atoms with E-state index in [1.165, 1.54) is 6.07 Å². The van der Waals surface area contributed by atoms with Crippen molar-refractivity contribution in [3.63, 3.8) is 0 Å². The SMILES string of the molecule is CCCNc1ncc(Br)c(Nc2ccc(F)c(C)c2)n1. The van der Waals surface area contributed by atoms with E-state index < -0.39 is 0 Å². The summed E-state index contributed by atoms with van der Waals surface area (Å²) in [5.41, 5.74) is 1.37. The third-order valence-electron chi connectivity index (χ3n) is 2.70. The monoisotopic (exact) mass is 338 g/mol. The Morgan fingerprint density at radius 1 is 1.35 bits per heavy atom. The average Bonchev–Trinajstić information content (AvgIpc) is 2.44. The second-order valence-corrected chi connectivity index (χ2v) is 5.26. The average molecular weight is 339 g/mol. The van der Waals surface area contributed by atoms with Gasteiger partial charge in [0.1, 0.15) is 11.6 Å². The van der Waals surface area contributed by atoms with E-state index in [2.05, 4.69) is 43.5 Å². The molecule has 0 amide bonds. The van der Waals surface area contributed by atoms with E-state index in [1.807, 2.05) is 0 Å². The highest BCUT2D eigenvalue weighted by molar-refractivity contribution is 9.10. The Morgan fingerprint density at radius 3 is 2.85 bits per heavy atom. The number of halogens is 2. The summed E-state index contributed by atoms with van der Waals surface area (Å²) in [5.74, 6) is 0.989. The summed E-state index contributed by atoms with van der Waals surface area (Å²) in [4.78, 5) is 8.56. The zero-order valence-electron chi connectivity index (χ0n) is 11.4. The maximum Gasteiger partial charge on any atom is 0.224 e. The Hall–Kier alpha value is -1.69. The lowest BCUT2D eigenvalue weighted by molar-refractivity contribution is 0.619. The zero-order chi connectivity index (χ0) is 14.5. The van der Waals surface area contributed by atoms with Crippen LogP contribution in [0.5, 0.6) is 0 Å². The highest BCUT2D eigenvalue weighted by Crippen LogP contribution is 2.25. The number of nitrogens with one attached hydrogen (secondary N) is 2. The first kappa shape index (κ1) is 14.7. The number of rotatable bonds is 5. The van der Waals surface area contributed by atoms with Crippen LogP contribution in [0.3, 0.4) is 0 Å². The maximum atomic E-state index is 13.2. The van der Waals surface area contributed by atoms with Gasteiger partial charge >= 0.3 is 0 Å². The van der Waals surface area contributed by atoms with Crippen LogP contribution in [0.25, 0.3) is 0 Å². The lowest BCUT2D eigenvalue weighted by Gasteiger charge is -2.10. The van der Waals surface area contributed by atoms with E-state index >= 15 is 0 Å². The van der Waals surface area contributed by atoms with Crippen molar-refractivity contribution in [2.45, 2.75) is 20.3 Å². The van der Waals surface area contributed by atoms with Crippen LogP contribution in [-0.4, -0.2) is 16.5 Å². The van der Waals surface area contributed by atoms with Crippen LogP contribution in [0, 0.1) is 12.7 Å². The highest BCUT2D eigenvalue weighted by atomic mass is 79.9. The second-order valence-electron chi connectivity index (χ2n) is 4.41. The highest BCUT2D eigenvalue weighted by Gasteiger charge is 2.06. The fourth-order valence-electron chi connectivity index (χ4n) is 1.64. The molecule has 2 rings (SSSR count). The van der Waals surface area contributed by atoms with Crippen molar-refractivity contribution in [2.24, 2.45) is 0 Å². The summed E-state index contributed by atoms with van der Waals surface area (Å²) in [6, 6.07) is 4.85. The van der Waals surface area contributed by atoms with Crippen molar-refractivity contribution in [3.05, 3.63) is 40.2 Å². The molecule has 6 heteroatoms. The molecule has 1 heterocycles. The van der Waals surface area contributed by atoms with Gasteiger partial charge in [0.25, 0.3) is 0 Å². The van der Waals surface area contributed by atoms with Crippen LogP contribution >= 0.6 is 15.9 Å². The van der Waals surface area contributed by atoms with Crippen LogP contribution in [0.1, 0.15) is 18.9 Å². The van der Waals surface area contributed by atoms with E-state index in [0.29, 0.717) is 17.3 Å². The Balaban J connectivity index is 2.20. The molecule has 0 unspecified atom stereocenters. The predicted octanol–water partition coefficient (Wildman–Crippen LogP) is 4.25. The van der Waals surface area contributed by atoms with Crippen LogP contribution in [0.2, 0.25) is 0 Å². The first-order chi connectivity index (χ1) is 9.60. The lowest BCUT2D eigenvalue weighted by atomic mass is 10.2. The minimum absolute atomic E-state index is 0.220. The van der Waals surface area contributed by atoms with Crippen molar-refractivity contribution in [1.29, 1.82) is 0 Å². The quantitative estimate of drug-likeness (QED) is 0.855. The van der Waals surface area contributed by atoms with Gasteiger partial charge in [-0.05, 0) is 53.0 Å². The molecule has 0 saturated carbocycles. The van der Waals surface area contributed by atoms with Crippen LogP contribution in [0.4, 0.5) is 21.8 Å². The number of benzene rings is 1. The summed E-state index contributed by atoms with van der Waals surface area (Å²) < 4.78 is 14.0. The summed E-state index contributed by atoms with van der Waals surface area (Å²) in [6.45, 7) is 4.62. The number of hydrogen-bond acceptors (Lipinski definition) is 4. The van der Waals surface area contributed by atoms with Gasteiger partial charge in [0.2, 0.25) is 5.95 Å². The minimum atomic E-state index is -0.220. The Kier molecular flexibility index (Phi) is 4.89. The molecule has 0 spiro atoms. The van der Waals surface area contributed by atoms with E-state index in [0.717, 1.165) is 23.1 Å². The smallest absolute Gasteiger partial charge is 0.224 e. The van der Waals surface area contributed by atoms with Crippen LogP contribution in [0.15, 0.2) is 28.9 Å². The van der Waals surface area contributed by atoms with Gasteiger partial charge in [-0.25, -0.2) is 9.37 Å². The van der Waals surface area contributed by atoms with E-state index in [4.69, 9.17) is 0 Å². The number of hydrogen-bond donors (Lipinski definition) is 2. The third-order valence-corrected chi connectivity index (χ3v) is 3.28. The van der Waals surface area contributed by atoms with Gasteiger partial charge in [-0.15, -0.1) is 0 Å². The van der Waals surface area contributed by atoms with Gasteiger partial charge in [0.05, 0.1) is 4.47 Å². The maximum absolute atomic E-state index is 13.2. The molecule has 2 aromatic rings. The van der Waals surface area contributed by atoms with E-state index in [1.54, 1.807) is 25.3 Å². The Morgan fingerprint density at radius 2 is 2.15 bits per heavy atom. The summed E-state index contributed by atoms with van der Waals surface area (Å²) in [6.07, 6.45) is 2.68. The molecule has 4 nitrogen and oxygen atoms in total. The molecule has 0 aliphatic rings. The standard InChI is InChI=1S/C14H16BrFN4/c1-3-6-17-14-18-8-11(15)13(20-14)19-10-4-5-12(16)9(2)7-10/h4-5,7-8H,3,6H2,1-2H3,(H2,17,18,19,20). The molecule has 0 aliphatic carbocycles.